The summed E-state index contributed by atoms with van der Waals surface area (Å²) in [5.41, 5.74) is -30.2. The molecule has 0 bridgehead atoms. The predicted octanol–water partition coefficient (Wildman–Crippen LogP) is 14.3. The van der Waals surface area contributed by atoms with Crippen LogP contribution in [0.4, 0.5) is 105 Å². The molecular formula is C45H27BF24OS. The first-order valence-corrected chi connectivity index (χ1v) is 21.5. The molecule has 0 fully saturated rings. The minimum Gasteiger partial charge on any atom is -0.496 e. The summed E-state index contributed by atoms with van der Waals surface area (Å²) >= 11 is 0. The molecule has 0 saturated heterocycles. The standard InChI is InChI=1S/C32H12BF24.C13H15OS/c34-25(35,36)13-1-14(26(37,38)39)6-21(5-13)33(22-7-15(27(40,41)42)2-16(8-22)28(43,44)45,23-9-17(29(46,47)48)3-18(10-23)30(49,50)51)24-11-19(31(52,53)54)4-20(12-24)32(55,56)57;1-14-12-8-9-13(15(2)3)11-7-5-4-6-10(11)12/h1-12H;4-9H,1-3H3/q-1;+1. The van der Waals surface area contributed by atoms with Gasteiger partial charge in [0, 0.05) is 21.7 Å². The van der Waals surface area contributed by atoms with Crippen LogP contribution in [0.25, 0.3) is 10.8 Å². The third-order valence-electron chi connectivity index (χ3n) is 10.9. The monoisotopic (exact) mass is 1080 g/mol. The number of halogens is 24. The van der Waals surface area contributed by atoms with Crippen LogP contribution in [0.15, 0.2) is 114 Å². The fourth-order valence-corrected chi connectivity index (χ4v) is 8.81. The van der Waals surface area contributed by atoms with E-state index >= 15 is 0 Å². The highest BCUT2D eigenvalue weighted by atomic mass is 32.2. The van der Waals surface area contributed by atoms with Crippen molar-refractivity contribution >= 4 is 49.7 Å². The number of methoxy groups -OCH3 is 1. The molecule has 0 saturated carbocycles. The van der Waals surface area contributed by atoms with E-state index in [4.69, 9.17) is 4.74 Å². The molecule has 0 atom stereocenters. The van der Waals surface area contributed by atoms with Crippen LogP contribution in [0, 0.1) is 0 Å². The van der Waals surface area contributed by atoms with Crippen molar-refractivity contribution in [1.29, 1.82) is 0 Å². The van der Waals surface area contributed by atoms with E-state index in [2.05, 4.69) is 48.9 Å². The Labute approximate surface area is 392 Å². The Morgan fingerprint density at radius 1 is 0.319 bits per heavy atom. The molecule has 0 aliphatic rings. The van der Waals surface area contributed by atoms with Gasteiger partial charge in [-0.3, -0.25) is 0 Å². The number of fused-ring (bicyclic) bond motifs is 1. The molecule has 72 heavy (non-hydrogen) atoms. The highest BCUT2D eigenvalue weighted by Crippen LogP contribution is 2.42. The predicted molar refractivity (Wildman–Crippen MR) is 218 cm³/mol. The Balaban J connectivity index is 0.000000542. The summed E-state index contributed by atoms with van der Waals surface area (Å²) in [4.78, 5) is 1.41. The van der Waals surface area contributed by atoms with Crippen molar-refractivity contribution in [2.45, 2.75) is 54.3 Å². The molecule has 0 aliphatic carbocycles. The maximum Gasteiger partial charge on any atom is 0.416 e. The number of ether oxygens (including phenoxy) is 1. The Kier molecular flexibility index (Phi) is 15.2. The number of benzene rings is 6. The highest BCUT2D eigenvalue weighted by Gasteiger charge is 2.47. The van der Waals surface area contributed by atoms with Crippen LogP contribution in [-0.2, 0) is 60.3 Å². The minimum atomic E-state index is -6.13. The normalized spacial score (nSPS) is 13.6. The molecule has 0 aliphatic heterocycles. The van der Waals surface area contributed by atoms with E-state index in [1.165, 1.54) is 15.7 Å². The molecule has 0 unspecified atom stereocenters. The van der Waals surface area contributed by atoms with E-state index in [1.54, 1.807) is 7.11 Å². The van der Waals surface area contributed by atoms with Crippen LogP contribution in [0.5, 0.6) is 5.75 Å². The molecule has 0 N–H and O–H groups in total. The van der Waals surface area contributed by atoms with E-state index in [0.717, 1.165) is 5.75 Å². The van der Waals surface area contributed by atoms with Gasteiger partial charge in [-0.15, -0.1) is 0 Å². The molecule has 6 aromatic rings. The van der Waals surface area contributed by atoms with Crippen LogP contribution >= 0.6 is 0 Å². The van der Waals surface area contributed by atoms with E-state index in [0.29, 0.717) is 0 Å². The summed E-state index contributed by atoms with van der Waals surface area (Å²) in [7, 11) is 2.00. The van der Waals surface area contributed by atoms with Gasteiger partial charge in [-0.1, -0.05) is 66.7 Å². The van der Waals surface area contributed by atoms with Crippen LogP contribution < -0.4 is 26.6 Å². The third kappa shape index (κ3) is 12.3. The largest absolute Gasteiger partial charge is 0.496 e. The zero-order chi connectivity index (χ0) is 54.7. The number of rotatable bonds is 6. The van der Waals surface area contributed by atoms with Crippen molar-refractivity contribution < 1.29 is 110 Å². The smallest absolute Gasteiger partial charge is 0.416 e. The Hall–Kier alpha value is -5.89. The lowest BCUT2D eigenvalue weighted by atomic mass is 9.12. The lowest BCUT2D eigenvalue weighted by molar-refractivity contribution is -0.144. The summed E-state index contributed by atoms with van der Waals surface area (Å²) in [6, 6.07) is 3.84. The quantitative estimate of drug-likeness (QED) is 0.0918. The highest BCUT2D eigenvalue weighted by molar-refractivity contribution is 7.95. The lowest BCUT2D eigenvalue weighted by Crippen LogP contribution is -2.75. The van der Waals surface area contributed by atoms with Crippen molar-refractivity contribution in [3.05, 3.63) is 154 Å². The van der Waals surface area contributed by atoms with Crippen molar-refractivity contribution in [3.63, 3.8) is 0 Å². The van der Waals surface area contributed by atoms with E-state index in [9.17, 15) is 105 Å². The van der Waals surface area contributed by atoms with Gasteiger partial charge in [0.1, 0.15) is 24.4 Å². The summed E-state index contributed by atoms with van der Waals surface area (Å²) in [6.45, 7) is 0. The average Bonchev–Trinajstić information content (AvgIpc) is 3.23. The molecular weight excluding hydrogens is 1060 g/mol. The number of hydrogen-bond acceptors (Lipinski definition) is 1. The van der Waals surface area contributed by atoms with Crippen molar-refractivity contribution in [1.82, 2.24) is 0 Å². The zero-order valence-electron chi connectivity index (χ0n) is 35.9. The van der Waals surface area contributed by atoms with Gasteiger partial charge in [0.05, 0.1) is 51.6 Å². The lowest BCUT2D eigenvalue weighted by Gasteiger charge is -2.46. The van der Waals surface area contributed by atoms with Crippen molar-refractivity contribution in [3.8, 4) is 5.75 Å². The van der Waals surface area contributed by atoms with Crippen LogP contribution in [-0.4, -0.2) is 25.8 Å². The van der Waals surface area contributed by atoms with Gasteiger partial charge < -0.3 is 4.74 Å². The van der Waals surface area contributed by atoms with Crippen LogP contribution in [0.1, 0.15) is 44.5 Å². The first kappa shape index (κ1) is 57.0. The molecule has 1 nitrogen and oxygen atoms in total. The molecule has 0 heterocycles. The SMILES string of the molecule is COc1ccc([S+](C)C)c2ccccc12.FC(F)(F)c1cc([B-](c2cc(C(F)(F)F)cc(C(F)(F)F)c2)(c2cc(C(F)(F)F)cc(C(F)(F)F)c2)c2cc(C(F)(F)F)cc(C(F)(F)F)c2)cc(C(F)(F)F)c1. The van der Waals surface area contributed by atoms with Gasteiger partial charge in [-0.25, -0.2) is 0 Å². The summed E-state index contributed by atoms with van der Waals surface area (Å²) < 4.78 is 346. The van der Waals surface area contributed by atoms with Gasteiger partial charge >= 0.3 is 49.4 Å². The number of alkyl halides is 24. The molecule has 6 aromatic carbocycles. The number of hydrogen-bond donors (Lipinski definition) is 0. The molecule has 27 heteroatoms. The second kappa shape index (κ2) is 19.2. The van der Waals surface area contributed by atoms with E-state index in [-0.39, 0.29) is 10.9 Å². The summed E-state index contributed by atoms with van der Waals surface area (Å²) in [5, 5.41) is 2.52. The Bertz CT molecular complexity index is 2500. The molecule has 390 valence electrons. The molecule has 0 aromatic heterocycles. The Morgan fingerprint density at radius 3 is 0.736 bits per heavy atom. The summed E-state index contributed by atoms with van der Waals surface area (Å²) in [6.07, 6.45) is -50.3. The first-order chi connectivity index (χ1) is 32.5. The van der Waals surface area contributed by atoms with Gasteiger partial charge in [0.25, 0.3) is 0 Å². The maximum atomic E-state index is 14.2. The average molecular weight is 1080 g/mol. The molecule has 0 amide bonds. The second-order valence-electron chi connectivity index (χ2n) is 15.9. The summed E-state index contributed by atoms with van der Waals surface area (Å²) in [5.74, 6) is 0.958. The van der Waals surface area contributed by atoms with Crippen molar-refractivity contribution in [2.75, 3.05) is 19.6 Å². The van der Waals surface area contributed by atoms with Gasteiger partial charge in [0.2, 0.25) is 0 Å². The second-order valence-corrected chi connectivity index (χ2v) is 17.9. The van der Waals surface area contributed by atoms with Crippen molar-refractivity contribution in [2.24, 2.45) is 0 Å². The minimum absolute atomic E-state index is 0.281. The van der Waals surface area contributed by atoms with E-state index < -0.39 is 195 Å². The van der Waals surface area contributed by atoms with Crippen LogP contribution in [0.2, 0.25) is 0 Å². The third-order valence-corrected chi connectivity index (χ3v) is 12.2. The molecule has 0 spiro atoms. The zero-order valence-corrected chi connectivity index (χ0v) is 36.7. The molecule has 0 radical (unpaired) electrons. The van der Waals surface area contributed by atoms with Gasteiger partial charge in [0.15, 0.2) is 4.90 Å². The van der Waals surface area contributed by atoms with Gasteiger partial charge in [-0.05, 0) is 42.5 Å². The molecule has 6 rings (SSSR count). The topological polar surface area (TPSA) is 9.23 Å². The van der Waals surface area contributed by atoms with Crippen LogP contribution in [0.3, 0.4) is 0 Å². The fourth-order valence-electron chi connectivity index (χ4n) is 7.85. The van der Waals surface area contributed by atoms with E-state index in [1.807, 2.05) is 0 Å². The van der Waals surface area contributed by atoms with Gasteiger partial charge in [-0.2, -0.15) is 127 Å². The first-order valence-electron chi connectivity index (χ1n) is 19.5. The fraction of sp³-hybridized carbons (Fsp3) is 0.244. The Morgan fingerprint density at radius 2 is 0.542 bits per heavy atom. The maximum absolute atomic E-state index is 14.2.